The fourth-order valence-electron chi connectivity index (χ4n) is 2.65. The molecular formula is C16H21N5OS. The number of unbranched alkanes of at least 4 members (excludes halogenated alkanes) is 1. The maximum Gasteiger partial charge on any atom is 0.261 e. The molecule has 1 aliphatic rings. The summed E-state index contributed by atoms with van der Waals surface area (Å²) in [7, 11) is 0. The van der Waals surface area contributed by atoms with Crippen LogP contribution in [0.3, 0.4) is 0 Å². The fourth-order valence-corrected chi connectivity index (χ4v) is 3.43. The third kappa shape index (κ3) is 3.85. The van der Waals surface area contributed by atoms with Crippen molar-refractivity contribution in [1.29, 1.82) is 0 Å². The standard InChI is InChI=1S/C16H21N5OS/c1-2-3-8-13-19-20-16(23-13)18-15(22)12-7-6-9-17-14(12)21-10-4-5-11-21/h6-7,9H,2-5,8,10-11H2,1H3,(H,18,20,22). The summed E-state index contributed by atoms with van der Waals surface area (Å²) < 4.78 is 0. The SMILES string of the molecule is CCCCc1nnc(NC(=O)c2cccnc2N2CCCC2)s1. The van der Waals surface area contributed by atoms with Crippen molar-refractivity contribution in [2.24, 2.45) is 0 Å². The number of aryl methyl sites for hydroxylation is 1. The quantitative estimate of drug-likeness (QED) is 0.880. The molecule has 0 atom stereocenters. The van der Waals surface area contributed by atoms with Crippen molar-refractivity contribution in [3.05, 3.63) is 28.9 Å². The smallest absolute Gasteiger partial charge is 0.261 e. The van der Waals surface area contributed by atoms with Crippen LogP contribution in [0.4, 0.5) is 10.9 Å². The molecule has 0 spiro atoms. The van der Waals surface area contributed by atoms with Gasteiger partial charge in [0.05, 0.1) is 5.56 Å². The van der Waals surface area contributed by atoms with Crippen LogP contribution in [0, 0.1) is 0 Å². The number of hydrogen-bond donors (Lipinski definition) is 1. The van der Waals surface area contributed by atoms with Gasteiger partial charge in [0.25, 0.3) is 5.91 Å². The fraction of sp³-hybridized carbons (Fsp3) is 0.500. The Labute approximate surface area is 140 Å². The molecule has 0 radical (unpaired) electrons. The molecule has 3 heterocycles. The van der Waals surface area contributed by atoms with Crippen LogP contribution in [0.25, 0.3) is 0 Å². The number of anilines is 2. The van der Waals surface area contributed by atoms with Crippen LogP contribution in [0.2, 0.25) is 0 Å². The Morgan fingerprint density at radius 3 is 2.96 bits per heavy atom. The first kappa shape index (κ1) is 15.9. The summed E-state index contributed by atoms with van der Waals surface area (Å²) in [5.74, 6) is 0.594. The maximum absolute atomic E-state index is 12.6. The van der Waals surface area contributed by atoms with Gasteiger partial charge in [-0.25, -0.2) is 4.98 Å². The molecule has 3 rings (SSSR count). The second kappa shape index (κ2) is 7.50. The van der Waals surface area contributed by atoms with E-state index in [4.69, 9.17) is 0 Å². The third-order valence-corrected chi connectivity index (χ3v) is 4.77. The minimum atomic E-state index is -0.168. The highest BCUT2D eigenvalue weighted by Gasteiger charge is 2.21. The highest BCUT2D eigenvalue weighted by atomic mass is 32.1. The van der Waals surface area contributed by atoms with E-state index >= 15 is 0 Å². The summed E-state index contributed by atoms with van der Waals surface area (Å²) in [6.07, 6.45) is 7.15. The van der Waals surface area contributed by atoms with Crippen LogP contribution in [0.5, 0.6) is 0 Å². The second-order valence-corrected chi connectivity index (χ2v) is 6.69. The van der Waals surface area contributed by atoms with Crippen molar-refractivity contribution >= 4 is 28.2 Å². The lowest BCUT2D eigenvalue weighted by molar-refractivity contribution is 0.102. The number of pyridine rings is 1. The molecule has 6 nitrogen and oxygen atoms in total. The number of rotatable bonds is 6. The number of nitrogens with zero attached hydrogens (tertiary/aromatic N) is 4. The van der Waals surface area contributed by atoms with E-state index in [2.05, 4.69) is 32.3 Å². The van der Waals surface area contributed by atoms with Gasteiger partial charge < -0.3 is 4.90 Å². The Morgan fingerprint density at radius 1 is 1.35 bits per heavy atom. The van der Waals surface area contributed by atoms with Gasteiger partial charge in [0.15, 0.2) is 0 Å². The molecule has 1 amide bonds. The zero-order valence-electron chi connectivity index (χ0n) is 13.3. The summed E-state index contributed by atoms with van der Waals surface area (Å²) in [5, 5.41) is 12.6. The molecule has 7 heteroatoms. The minimum Gasteiger partial charge on any atom is -0.356 e. The molecule has 1 N–H and O–H groups in total. The number of nitrogens with one attached hydrogen (secondary N) is 1. The largest absolute Gasteiger partial charge is 0.356 e. The highest BCUT2D eigenvalue weighted by Crippen LogP contribution is 2.24. The molecule has 0 aliphatic carbocycles. The van der Waals surface area contributed by atoms with Crippen molar-refractivity contribution in [2.45, 2.75) is 39.0 Å². The molecule has 0 bridgehead atoms. The Kier molecular flexibility index (Phi) is 5.17. The number of amides is 1. The van der Waals surface area contributed by atoms with Gasteiger partial charge in [-0.1, -0.05) is 24.7 Å². The minimum absolute atomic E-state index is 0.168. The van der Waals surface area contributed by atoms with E-state index in [1.807, 2.05) is 6.07 Å². The van der Waals surface area contributed by atoms with E-state index in [9.17, 15) is 4.79 Å². The van der Waals surface area contributed by atoms with E-state index < -0.39 is 0 Å². The molecule has 1 aliphatic heterocycles. The normalized spacial score (nSPS) is 14.2. The van der Waals surface area contributed by atoms with Crippen molar-refractivity contribution < 1.29 is 4.79 Å². The predicted octanol–water partition coefficient (Wildman–Crippen LogP) is 3.13. The van der Waals surface area contributed by atoms with Crippen molar-refractivity contribution in [1.82, 2.24) is 15.2 Å². The Hall–Kier alpha value is -2.02. The molecule has 0 saturated carbocycles. The summed E-state index contributed by atoms with van der Waals surface area (Å²) >= 11 is 1.45. The van der Waals surface area contributed by atoms with Gasteiger partial charge in [0.1, 0.15) is 10.8 Å². The maximum atomic E-state index is 12.6. The average Bonchev–Trinajstić information content (AvgIpc) is 3.25. The molecule has 0 unspecified atom stereocenters. The van der Waals surface area contributed by atoms with Gasteiger partial charge >= 0.3 is 0 Å². The first-order chi connectivity index (χ1) is 11.3. The lowest BCUT2D eigenvalue weighted by atomic mass is 10.2. The lowest BCUT2D eigenvalue weighted by Crippen LogP contribution is -2.24. The molecular weight excluding hydrogens is 310 g/mol. The van der Waals surface area contributed by atoms with Crippen LogP contribution in [-0.2, 0) is 6.42 Å². The van der Waals surface area contributed by atoms with Gasteiger partial charge in [-0.3, -0.25) is 10.1 Å². The van der Waals surface area contributed by atoms with Gasteiger partial charge in [-0.05, 0) is 31.4 Å². The van der Waals surface area contributed by atoms with E-state index in [-0.39, 0.29) is 5.91 Å². The molecule has 1 fully saturated rings. The second-order valence-electron chi connectivity index (χ2n) is 5.63. The molecule has 1 saturated heterocycles. The van der Waals surface area contributed by atoms with Crippen LogP contribution in [0.1, 0.15) is 48.0 Å². The Morgan fingerprint density at radius 2 is 2.17 bits per heavy atom. The third-order valence-electron chi connectivity index (χ3n) is 3.87. The van der Waals surface area contributed by atoms with E-state index in [1.165, 1.54) is 11.3 Å². The molecule has 122 valence electrons. The Bertz CT molecular complexity index is 666. The molecule has 0 aromatic carbocycles. The summed E-state index contributed by atoms with van der Waals surface area (Å²) in [5.41, 5.74) is 0.597. The monoisotopic (exact) mass is 331 g/mol. The molecule has 2 aromatic rings. The van der Waals surface area contributed by atoms with Crippen LogP contribution in [-0.4, -0.2) is 34.2 Å². The lowest BCUT2D eigenvalue weighted by Gasteiger charge is -2.18. The number of carbonyl (C=O) groups is 1. The number of aromatic nitrogens is 3. The van der Waals surface area contributed by atoms with Crippen molar-refractivity contribution in [3.8, 4) is 0 Å². The first-order valence-electron chi connectivity index (χ1n) is 8.11. The van der Waals surface area contributed by atoms with Gasteiger partial charge in [0.2, 0.25) is 5.13 Å². The van der Waals surface area contributed by atoms with Gasteiger partial charge in [-0.2, -0.15) is 0 Å². The first-order valence-corrected chi connectivity index (χ1v) is 8.93. The highest BCUT2D eigenvalue weighted by molar-refractivity contribution is 7.15. The Balaban J connectivity index is 1.72. The van der Waals surface area contributed by atoms with Gasteiger partial charge in [0, 0.05) is 25.7 Å². The number of hydrogen-bond acceptors (Lipinski definition) is 6. The predicted molar refractivity (Wildman–Crippen MR) is 92.2 cm³/mol. The van der Waals surface area contributed by atoms with E-state index in [0.717, 1.165) is 56.0 Å². The zero-order valence-corrected chi connectivity index (χ0v) is 14.1. The number of carbonyl (C=O) groups excluding carboxylic acids is 1. The average molecular weight is 331 g/mol. The van der Waals surface area contributed by atoms with Crippen molar-refractivity contribution in [2.75, 3.05) is 23.3 Å². The van der Waals surface area contributed by atoms with Gasteiger partial charge in [-0.15, -0.1) is 10.2 Å². The summed E-state index contributed by atoms with van der Waals surface area (Å²) in [4.78, 5) is 19.1. The zero-order chi connectivity index (χ0) is 16.1. The van der Waals surface area contributed by atoms with E-state index in [1.54, 1.807) is 12.3 Å². The summed E-state index contributed by atoms with van der Waals surface area (Å²) in [6.45, 7) is 4.06. The van der Waals surface area contributed by atoms with E-state index in [0.29, 0.717) is 10.7 Å². The van der Waals surface area contributed by atoms with Crippen LogP contribution < -0.4 is 10.2 Å². The van der Waals surface area contributed by atoms with Crippen LogP contribution in [0.15, 0.2) is 18.3 Å². The topological polar surface area (TPSA) is 71.0 Å². The summed E-state index contributed by atoms with van der Waals surface area (Å²) in [6, 6.07) is 3.61. The molecule has 23 heavy (non-hydrogen) atoms. The van der Waals surface area contributed by atoms with Crippen molar-refractivity contribution in [3.63, 3.8) is 0 Å². The molecule has 2 aromatic heterocycles. The van der Waals surface area contributed by atoms with Crippen LogP contribution >= 0.6 is 11.3 Å².